The van der Waals surface area contributed by atoms with E-state index in [1.54, 1.807) is 0 Å². The minimum atomic E-state index is -2.18. The summed E-state index contributed by atoms with van der Waals surface area (Å²) in [4.78, 5) is 24.0. The van der Waals surface area contributed by atoms with E-state index in [1.807, 2.05) is 26.2 Å². The zero-order valence-electron chi connectivity index (χ0n) is 15.3. The molecule has 6 heteroatoms. The first kappa shape index (κ1) is 20.4. The lowest BCUT2D eigenvalue weighted by Crippen LogP contribution is -2.45. The lowest BCUT2D eigenvalue weighted by atomic mass is 10.2. The third-order valence-electron chi connectivity index (χ3n) is 4.64. The molecule has 0 atom stereocenters. The van der Waals surface area contributed by atoms with Gasteiger partial charge in [-0.1, -0.05) is 41.5 Å². The summed E-state index contributed by atoms with van der Waals surface area (Å²) >= 11 is 0. The van der Waals surface area contributed by atoms with E-state index in [2.05, 4.69) is 41.5 Å². The maximum atomic E-state index is 12.0. The molecule has 0 heterocycles. The quantitative estimate of drug-likeness (QED) is 0.563. The van der Waals surface area contributed by atoms with E-state index in [1.165, 1.54) is 0 Å². The van der Waals surface area contributed by atoms with E-state index >= 15 is 0 Å². The highest BCUT2D eigenvalue weighted by Gasteiger charge is 2.42. The Kier molecular flexibility index (Phi) is 6.05. The summed E-state index contributed by atoms with van der Waals surface area (Å²) in [7, 11) is -4.35. The van der Waals surface area contributed by atoms with Crippen LogP contribution in [0.3, 0.4) is 0 Å². The molecular weight excluding hydrogens is 300 g/mol. The smallest absolute Gasteiger partial charge is 0.303 e. The van der Waals surface area contributed by atoms with Gasteiger partial charge in [0.15, 0.2) is 0 Å². The number of carbonyl (C=O) groups excluding carboxylic acids is 2. The van der Waals surface area contributed by atoms with Gasteiger partial charge in [-0.15, -0.1) is 0 Å². The van der Waals surface area contributed by atoms with Crippen LogP contribution in [-0.2, 0) is 18.4 Å². The summed E-state index contributed by atoms with van der Waals surface area (Å²) in [6.45, 7) is 20.3. The molecule has 0 bridgehead atoms. The van der Waals surface area contributed by atoms with Crippen LogP contribution < -0.4 is 0 Å². The molecule has 0 aliphatic rings. The van der Waals surface area contributed by atoms with Gasteiger partial charge in [-0.2, -0.15) is 0 Å². The molecule has 0 aromatic heterocycles. The lowest BCUT2D eigenvalue weighted by Gasteiger charge is -2.36. The van der Waals surface area contributed by atoms with Crippen molar-refractivity contribution in [3.05, 3.63) is 0 Å². The Balaban J connectivity index is 4.66. The highest BCUT2D eigenvalue weighted by Crippen LogP contribution is 2.38. The molecule has 21 heavy (non-hydrogen) atoms. The Morgan fingerprint density at radius 1 is 0.714 bits per heavy atom. The molecule has 0 rings (SSSR count). The molecule has 0 aliphatic carbocycles. The Morgan fingerprint density at radius 2 is 0.952 bits per heavy atom. The maximum Gasteiger partial charge on any atom is 0.303 e. The molecule has 124 valence electrons. The fourth-order valence-electron chi connectivity index (χ4n) is 1.07. The fourth-order valence-corrected chi connectivity index (χ4v) is 2.96. The van der Waals surface area contributed by atoms with Crippen LogP contribution >= 0.6 is 0 Å². The molecule has 0 N–H and O–H groups in total. The first-order valence-corrected chi connectivity index (χ1v) is 13.2. The highest BCUT2D eigenvalue weighted by molar-refractivity contribution is 6.76. The molecule has 0 saturated carbocycles. The van der Waals surface area contributed by atoms with Crippen LogP contribution in [0.15, 0.2) is 0 Å². The van der Waals surface area contributed by atoms with Crippen LogP contribution in [0.2, 0.25) is 36.3 Å². The maximum absolute atomic E-state index is 12.0. The topological polar surface area (TPSA) is 52.6 Å². The Labute approximate surface area is 131 Å². The second-order valence-electron chi connectivity index (χ2n) is 8.65. The van der Waals surface area contributed by atoms with E-state index in [0.717, 1.165) is 0 Å². The van der Waals surface area contributed by atoms with Crippen LogP contribution in [-0.4, -0.2) is 28.6 Å². The number of hydrogen-bond donors (Lipinski definition) is 0. The van der Waals surface area contributed by atoms with E-state index in [9.17, 15) is 9.59 Å². The Hall–Kier alpha value is -0.626. The Bertz CT molecular complexity index is 363. The van der Waals surface area contributed by atoms with Crippen molar-refractivity contribution in [2.24, 2.45) is 0 Å². The monoisotopic (exact) mass is 332 g/mol. The largest absolute Gasteiger partial charge is 0.519 e. The van der Waals surface area contributed by atoms with E-state index in [4.69, 9.17) is 8.85 Å². The molecule has 0 unspecified atom stereocenters. The summed E-state index contributed by atoms with van der Waals surface area (Å²) in [5, 5.41) is -0.127. The van der Waals surface area contributed by atoms with Gasteiger partial charge in [0.2, 0.25) is 0 Å². The molecule has 0 aromatic carbocycles. The predicted octanol–water partition coefficient (Wildman–Crippen LogP) is 4.47. The van der Waals surface area contributed by atoms with Gasteiger partial charge in [-0.3, -0.25) is 9.59 Å². The van der Waals surface area contributed by atoms with Crippen molar-refractivity contribution >= 4 is 28.6 Å². The van der Waals surface area contributed by atoms with E-state index < -0.39 is 28.6 Å². The van der Waals surface area contributed by atoms with E-state index in [-0.39, 0.29) is 16.5 Å². The molecule has 0 radical (unpaired) electrons. The minimum absolute atomic E-state index is 0.0635. The zero-order valence-corrected chi connectivity index (χ0v) is 17.3. The van der Waals surface area contributed by atoms with Gasteiger partial charge in [0, 0.05) is 0 Å². The van der Waals surface area contributed by atoms with E-state index in [0.29, 0.717) is 0 Å². The molecule has 0 fully saturated rings. The van der Waals surface area contributed by atoms with Crippen LogP contribution in [0.4, 0.5) is 0 Å². The third-order valence-corrected chi connectivity index (χ3v) is 13.3. The van der Waals surface area contributed by atoms with Gasteiger partial charge in [-0.25, -0.2) is 0 Å². The van der Waals surface area contributed by atoms with Crippen molar-refractivity contribution in [1.29, 1.82) is 0 Å². The SMILES string of the molecule is CC(C)(C)[Si](C)(C)OC(=O)CC(=O)O[Si](C)(C)C(C)(C)C. The fraction of sp³-hybridized carbons (Fsp3) is 0.867. The minimum Gasteiger partial charge on any atom is -0.519 e. The summed E-state index contributed by atoms with van der Waals surface area (Å²) < 4.78 is 11.2. The number of hydrogen-bond acceptors (Lipinski definition) is 4. The standard InChI is InChI=1S/C15H32O4Si2/c1-14(2,3)20(7,8)18-12(16)11-13(17)19-21(9,10)15(4,5)6/h11H2,1-10H3. The third kappa shape index (κ3) is 5.94. The second kappa shape index (κ2) is 6.24. The van der Waals surface area contributed by atoms with Gasteiger partial charge in [0.1, 0.15) is 6.42 Å². The number of carbonyl (C=O) groups is 2. The van der Waals surface area contributed by atoms with Crippen LogP contribution in [0.1, 0.15) is 48.0 Å². The van der Waals surface area contributed by atoms with Crippen molar-refractivity contribution in [2.75, 3.05) is 0 Å². The van der Waals surface area contributed by atoms with Gasteiger partial charge >= 0.3 is 11.9 Å². The van der Waals surface area contributed by atoms with Crippen molar-refractivity contribution < 1.29 is 18.4 Å². The van der Waals surface area contributed by atoms with Crippen molar-refractivity contribution in [3.63, 3.8) is 0 Å². The van der Waals surface area contributed by atoms with Crippen molar-refractivity contribution in [2.45, 2.75) is 84.2 Å². The molecule has 0 saturated heterocycles. The normalized spacial score (nSPS) is 13.8. The first-order valence-electron chi connectivity index (χ1n) is 7.43. The van der Waals surface area contributed by atoms with Crippen LogP contribution in [0, 0.1) is 0 Å². The summed E-state index contributed by atoms with van der Waals surface area (Å²) in [6.07, 6.45) is -0.293. The molecular formula is C15H32O4Si2. The highest BCUT2D eigenvalue weighted by atomic mass is 28.4. The molecule has 4 nitrogen and oxygen atoms in total. The lowest BCUT2D eigenvalue weighted by molar-refractivity contribution is -0.145. The van der Waals surface area contributed by atoms with Gasteiger partial charge in [-0.05, 0) is 36.3 Å². The summed E-state index contributed by atoms with van der Waals surface area (Å²) in [6, 6.07) is 0. The molecule has 0 aromatic rings. The molecule has 0 spiro atoms. The average molecular weight is 333 g/mol. The van der Waals surface area contributed by atoms with Gasteiger partial charge in [0.25, 0.3) is 16.6 Å². The predicted molar refractivity (Wildman–Crippen MR) is 91.2 cm³/mol. The van der Waals surface area contributed by atoms with Gasteiger partial charge in [0.05, 0.1) is 0 Å². The Morgan fingerprint density at radius 3 is 1.14 bits per heavy atom. The van der Waals surface area contributed by atoms with Crippen molar-refractivity contribution in [1.82, 2.24) is 0 Å². The zero-order chi connectivity index (χ0) is 17.3. The first-order chi connectivity index (χ1) is 8.99. The van der Waals surface area contributed by atoms with Crippen LogP contribution in [0.25, 0.3) is 0 Å². The summed E-state index contributed by atoms with van der Waals surface area (Å²) in [5.74, 6) is -0.935. The number of rotatable bonds is 4. The second-order valence-corrected chi connectivity index (χ2v) is 18.1. The van der Waals surface area contributed by atoms with Gasteiger partial charge < -0.3 is 8.85 Å². The van der Waals surface area contributed by atoms with Crippen LogP contribution in [0.5, 0.6) is 0 Å². The average Bonchev–Trinajstić information content (AvgIpc) is 2.10. The molecule has 0 amide bonds. The summed E-state index contributed by atoms with van der Waals surface area (Å²) in [5.41, 5.74) is 0. The van der Waals surface area contributed by atoms with Crippen molar-refractivity contribution in [3.8, 4) is 0 Å². The molecule has 0 aliphatic heterocycles.